The van der Waals surface area contributed by atoms with Crippen LogP contribution in [0.5, 0.6) is 11.6 Å². The van der Waals surface area contributed by atoms with Crippen molar-refractivity contribution in [1.29, 1.82) is 0 Å². The Morgan fingerprint density at radius 2 is 2.00 bits per heavy atom. The SMILES string of the molecule is O=C(CNC(=O)c1ccc(Br)o1)NCc1ccc(Oc2cccc(F)c2)nc1. The van der Waals surface area contributed by atoms with Crippen molar-refractivity contribution in [2.75, 3.05) is 6.54 Å². The molecule has 0 radical (unpaired) electrons. The van der Waals surface area contributed by atoms with Gasteiger partial charge in [-0.05, 0) is 45.8 Å². The number of halogens is 2. The Morgan fingerprint density at radius 3 is 2.68 bits per heavy atom. The third-order valence-corrected chi connectivity index (χ3v) is 3.94. The van der Waals surface area contributed by atoms with E-state index in [0.717, 1.165) is 5.56 Å². The number of amides is 2. The van der Waals surface area contributed by atoms with Crippen molar-refractivity contribution >= 4 is 27.7 Å². The van der Waals surface area contributed by atoms with E-state index in [-0.39, 0.29) is 24.8 Å². The maximum Gasteiger partial charge on any atom is 0.287 e. The van der Waals surface area contributed by atoms with Gasteiger partial charge in [0.05, 0.1) is 6.54 Å². The number of aromatic nitrogens is 1. The van der Waals surface area contributed by atoms with Crippen LogP contribution in [0, 0.1) is 5.82 Å². The second kappa shape index (κ2) is 9.14. The molecule has 144 valence electrons. The highest BCUT2D eigenvalue weighted by Crippen LogP contribution is 2.20. The third-order valence-electron chi connectivity index (χ3n) is 3.51. The van der Waals surface area contributed by atoms with Crippen LogP contribution >= 0.6 is 15.9 Å². The molecule has 0 bridgehead atoms. The molecule has 28 heavy (non-hydrogen) atoms. The lowest BCUT2D eigenvalue weighted by Gasteiger charge is -2.08. The summed E-state index contributed by atoms with van der Waals surface area (Å²) in [7, 11) is 0. The number of hydrogen-bond donors (Lipinski definition) is 2. The van der Waals surface area contributed by atoms with Gasteiger partial charge in [-0.1, -0.05) is 12.1 Å². The molecule has 2 heterocycles. The summed E-state index contributed by atoms with van der Waals surface area (Å²) in [6.45, 7) is 0.0413. The highest BCUT2D eigenvalue weighted by molar-refractivity contribution is 9.10. The molecule has 2 aromatic heterocycles. The first-order chi connectivity index (χ1) is 13.5. The van der Waals surface area contributed by atoms with Gasteiger partial charge in [-0.25, -0.2) is 9.37 Å². The summed E-state index contributed by atoms with van der Waals surface area (Å²) in [4.78, 5) is 27.8. The zero-order valence-corrected chi connectivity index (χ0v) is 16.0. The average Bonchev–Trinajstić information content (AvgIpc) is 3.12. The van der Waals surface area contributed by atoms with Crippen LogP contribution in [0.2, 0.25) is 0 Å². The molecule has 3 aromatic rings. The van der Waals surface area contributed by atoms with E-state index in [1.54, 1.807) is 24.3 Å². The Balaban J connectivity index is 1.44. The zero-order chi connectivity index (χ0) is 19.9. The van der Waals surface area contributed by atoms with Crippen LogP contribution < -0.4 is 15.4 Å². The minimum atomic E-state index is -0.485. The van der Waals surface area contributed by atoms with E-state index in [1.807, 2.05) is 0 Å². The Bertz CT molecular complexity index is 975. The molecule has 0 spiro atoms. The summed E-state index contributed by atoms with van der Waals surface area (Å²) in [5.41, 5.74) is 0.737. The van der Waals surface area contributed by atoms with Gasteiger partial charge in [0, 0.05) is 24.9 Å². The Morgan fingerprint density at radius 1 is 1.14 bits per heavy atom. The quantitative estimate of drug-likeness (QED) is 0.578. The molecule has 0 aliphatic heterocycles. The normalized spacial score (nSPS) is 10.4. The summed E-state index contributed by atoms with van der Waals surface area (Å²) in [6.07, 6.45) is 1.54. The van der Waals surface area contributed by atoms with Gasteiger partial charge in [-0.2, -0.15) is 0 Å². The molecule has 7 nitrogen and oxygen atoms in total. The molecular formula is C19H15BrFN3O4. The van der Waals surface area contributed by atoms with Crippen LogP contribution in [-0.4, -0.2) is 23.3 Å². The maximum absolute atomic E-state index is 13.1. The number of hydrogen-bond acceptors (Lipinski definition) is 5. The zero-order valence-electron chi connectivity index (χ0n) is 14.4. The molecule has 3 rings (SSSR count). The van der Waals surface area contributed by atoms with E-state index in [1.165, 1.54) is 30.5 Å². The van der Waals surface area contributed by atoms with Crippen molar-refractivity contribution in [1.82, 2.24) is 15.6 Å². The van der Waals surface area contributed by atoms with Crippen LogP contribution in [0.1, 0.15) is 16.1 Å². The second-order valence-corrected chi connectivity index (χ2v) is 6.41. The highest BCUT2D eigenvalue weighted by atomic mass is 79.9. The smallest absolute Gasteiger partial charge is 0.287 e. The number of carbonyl (C=O) groups excluding carboxylic acids is 2. The van der Waals surface area contributed by atoms with Crippen molar-refractivity contribution in [3.8, 4) is 11.6 Å². The molecule has 1 aromatic carbocycles. The second-order valence-electron chi connectivity index (χ2n) is 5.63. The number of ether oxygens (including phenoxy) is 1. The number of nitrogens with one attached hydrogen (secondary N) is 2. The van der Waals surface area contributed by atoms with Gasteiger partial charge in [0.1, 0.15) is 11.6 Å². The predicted molar refractivity (Wildman–Crippen MR) is 101 cm³/mol. The molecule has 0 unspecified atom stereocenters. The van der Waals surface area contributed by atoms with Gasteiger partial charge >= 0.3 is 0 Å². The number of nitrogens with zero attached hydrogens (tertiary/aromatic N) is 1. The lowest BCUT2D eigenvalue weighted by molar-refractivity contribution is -0.120. The van der Waals surface area contributed by atoms with E-state index < -0.39 is 11.7 Å². The Labute approximate surface area is 168 Å². The van der Waals surface area contributed by atoms with Crippen molar-refractivity contribution in [3.05, 3.63) is 76.5 Å². The van der Waals surface area contributed by atoms with Crippen molar-refractivity contribution in [3.63, 3.8) is 0 Å². The van der Waals surface area contributed by atoms with Crippen LogP contribution in [0.15, 0.2) is 63.8 Å². The van der Waals surface area contributed by atoms with E-state index in [2.05, 4.69) is 31.5 Å². The van der Waals surface area contributed by atoms with Crippen molar-refractivity contribution in [2.45, 2.75) is 6.54 Å². The molecule has 0 fully saturated rings. The van der Waals surface area contributed by atoms with Crippen molar-refractivity contribution < 1.29 is 23.1 Å². The molecule has 0 atom stereocenters. The topological polar surface area (TPSA) is 93.5 Å². The summed E-state index contributed by atoms with van der Waals surface area (Å²) < 4.78 is 24.1. The van der Waals surface area contributed by atoms with Gasteiger partial charge in [0.2, 0.25) is 11.8 Å². The van der Waals surface area contributed by atoms with E-state index >= 15 is 0 Å². The minimum Gasteiger partial charge on any atom is -0.444 e. The molecule has 0 aliphatic rings. The van der Waals surface area contributed by atoms with Crippen molar-refractivity contribution in [2.24, 2.45) is 0 Å². The third kappa shape index (κ3) is 5.65. The van der Waals surface area contributed by atoms with Crippen LogP contribution in [-0.2, 0) is 11.3 Å². The molecule has 0 saturated carbocycles. The fraction of sp³-hybridized carbons (Fsp3) is 0.105. The summed E-state index contributed by atoms with van der Waals surface area (Å²) in [5.74, 6) is -0.493. The Kier molecular flexibility index (Phi) is 6.38. The first-order valence-electron chi connectivity index (χ1n) is 8.18. The van der Waals surface area contributed by atoms with Gasteiger partial charge < -0.3 is 19.8 Å². The molecule has 9 heteroatoms. The number of carbonyl (C=O) groups is 2. The average molecular weight is 448 g/mol. The fourth-order valence-corrected chi connectivity index (χ4v) is 2.48. The van der Waals surface area contributed by atoms with Gasteiger partial charge in [0.25, 0.3) is 5.91 Å². The minimum absolute atomic E-state index is 0.109. The van der Waals surface area contributed by atoms with E-state index in [9.17, 15) is 14.0 Å². The first kappa shape index (κ1) is 19.6. The summed E-state index contributed by atoms with van der Waals surface area (Å²) >= 11 is 3.10. The van der Waals surface area contributed by atoms with Gasteiger partial charge in [-0.3, -0.25) is 9.59 Å². The fourth-order valence-electron chi connectivity index (χ4n) is 2.17. The summed E-state index contributed by atoms with van der Waals surface area (Å²) in [5, 5.41) is 5.12. The molecule has 0 saturated heterocycles. The number of pyridine rings is 1. The van der Waals surface area contributed by atoms with E-state index in [0.29, 0.717) is 16.3 Å². The molecule has 2 N–H and O–H groups in total. The number of rotatable bonds is 7. The van der Waals surface area contributed by atoms with Crippen LogP contribution in [0.4, 0.5) is 4.39 Å². The first-order valence-corrected chi connectivity index (χ1v) is 8.97. The van der Waals surface area contributed by atoms with Gasteiger partial charge in [-0.15, -0.1) is 0 Å². The maximum atomic E-state index is 13.1. The number of furan rings is 1. The summed E-state index contributed by atoms with van der Waals surface area (Å²) in [6, 6.07) is 12.2. The largest absolute Gasteiger partial charge is 0.444 e. The molecule has 0 aliphatic carbocycles. The van der Waals surface area contributed by atoms with Crippen LogP contribution in [0.25, 0.3) is 0 Å². The molecule has 2 amide bonds. The van der Waals surface area contributed by atoms with Gasteiger partial charge in [0.15, 0.2) is 10.4 Å². The standard InChI is InChI=1S/C19H15BrFN3O4/c20-16-6-5-15(28-16)19(26)24-11-17(25)22-9-12-4-7-18(23-10-12)27-14-3-1-2-13(21)8-14/h1-8,10H,9,11H2,(H,22,25)(H,24,26). The highest BCUT2D eigenvalue weighted by Gasteiger charge is 2.11. The Hall–Kier alpha value is -3.20. The monoisotopic (exact) mass is 447 g/mol. The lowest BCUT2D eigenvalue weighted by atomic mass is 10.3. The molecular weight excluding hydrogens is 433 g/mol. The number of benzene rings is 1. The predicted octanol–water partition coefficient (Wildman–Crippen LogP) is 3.41. The van der Waals surface area contributed by atoms with Crippen LogP contribution in [0.3, 0.4) is 0 Å². The van der Waals surface area contributed by atoms with E-state index in [4.69, 9.17) is 9.15 Å². The lowest BCUT2D eigenvalue weighted by Crippen LogP contribution is -2.36.